The number of allylic oxidation sites excluding steroid dienone is 1. The molecule has 4 rings (SSSR count). The normalized spacial score (nSPS) is 13.0. The van der Waals surface area contributed by atoms with Crippen molar-refractivity contribution in [1.29, 1.82) is 0 Å². The molecule has 3 aromatic carbocycles. The van der Waals surface area contributed by atoms with Gasteiger partial charge < -0.3 is 15.2 Å². The average Bonchev–Trinajstić information content (AvgIpc) is 2.88. The van der Waals surface area contributed by atoms with E-state index in [-0.39, 0.29) is 5.75 Å². The summed E-state index contributed by atoms with van der Waals surface area (Å²) in [5.41, 5.74) is 5.04. The van der Waals surface area contributed by atoms with Crippen LogP contribution in [0.5, 0.6) is 11.5 Å². The van der Waals surface area contributed by atoms with E-state index >= 15 is 0 Å². The third kappa shape index (κ3) is 3.05. The third-order valence-electron chi connectivity index (χ3n) is 4.26. The Morgan fingerprint density at radius 2 is 1.69 bits per heavy atom. The summed E-state index contributed by atoms with van der Waals surface area (Å²) in [6.07, 6.45) is 1.96. The number of benzene rings is 3. The lowest BCUT2D eigenvalue weighted by Gasteiger charge is -2.13. The van der Waals surface area contributed by atoms with E-state index in [4.69, 9.17) is 9.73 Å². The number of fused-ring (bicyclic) bond motifs is 1. The van der Waals surface area contributed by atoms with Crippen LogP contribution in [-0.4, -0.2) is 17.9 Å². The molecule has 4 heteroatoms. The highest BCUT2D eigenvalue weighted by molar-refractivity contribution is 6.16. The van der Waals surface area contributed by atoms with Crippen LogP contribution in [-0.2, 0) is 0 Å². The van der Waals surface area contributed by atoms with Crippen LogP contribution < -0.4 is 10.1 Å². The van der Waals surface area contributed by atoms with Crippen molar-refractivity contribution < 1.29 is 9.84 Å². The van der Waals surface area contributed by atoms with Gasteiger partial charge in [0.25, 0.3) is 0 Å². The minimum Gasteiger partial charge on any atom is -0.507 e. The predicted octanol–water partition coefficient (Wildman–Crippen LogP) is 4.99. The Balaban J connectivity index is 1.87. The Hall–Kier alpha value is -3.53. The van der Waals surface area contributed by atoms with Gasteiger partial charge in [0.05, 0.1) is 29.9 Å². The first-order valence-electron chi connectivity index (χ1n) is 8.34. The Morgan fingerprint density at radius 1 is 0.923 bits per heavy atom. The molecule has 0 saturated carbocycles. The molecule has 0 spiro atoms. The lowest BCUT2D eigenvalue weighted by Crippen LogP contribution is -2.02. The molecule has 3 aromatic rings. The van der Waals surface area contributed by atoms with E-state index in [1.165, 1.54) is 0 Å². The van der Waals surface area contributed by atoms with Crippen molar-refractivity contribution in [2.75, 3.05) is 12.4 Å². The fourth-order valence-electron chi connectivity index (χ4n) is 2.92. The number of methoxy groups -OCH3 is 1. The van der Waals surface area contributed by atoms with Crippen LogP contribution in [0.2, 0.25) is 0 Å². The molecule has 0 fully saturated rings. The first-order valence-corrected chi connectivity index (χ1v) is 8.34. The zero-order valence-electron chi connectivity index (χ0n) is 14.3. The zero-order chi connectivity index (χ0) is 17.9. The maximum Gasteiger partial charge on any atom is 0.128 e. The Bertz CT molecular complexity index is 1010. The number of anilines is 1. The molecule has 0 saturated heterocycles. The van der Waals surface area contributed by atoms with Gasteiger partial charge in [0, 0.05) is 17.2 Å². The summed E-state index contributed by atoms with van der Waals surface area (Å²) in [5.74, 6) is 0.757. The first kappa shape index (κ1) is 16.0. The van der Waals surface area contributed by atoms with E-state index in [0.717, 1.165) is 28.3 Å². The third-order valence-corrected chi connectivity index (χ3v) is 4.26. The van der Waals surface area contributed by atoms with E-state index in [0.29, 0.717) is 11.3 Å². The van der Waals surface area contributed by atoms with Gasteiger partial charge >= 0.3 is 0 Å². The van der Waals surface area contributed by atoms with Crippen LogP contribution in [0.4, 0.5) is 11.4 Å². The van der Waals surface area contributed by atoms with Crippen molar-refractivity contribution in [2.24, 2.45) is 4.99 Å². The van der Waals surface area contributed by atoms with Gasteiger partial charge in [-0.3, -0.25) is 0 Å². The predicted molar refractivity (Wildman–Crippen MR) is 105 cm³/mol. The molecule has 1 aliphatic rings. The minimum absolute atomic E-state index is 0.148. The first-order chi connectivity index (χ1) is 12.7. The summed E-state index contributed by atoms with van der Waals surface area (Å²) in [6.45, 7) is 0. The SMILES string of the molecule is COc1ccc(C2=CC(c3ccccc3)=Nc3ccccc3N2)c(O)c1. The second-order valence-corrected chi connectivity index (χ2v) is 5.95. The molecule has 0 aliphatic carbocycles. The van der Waals surface area contributed by atoms with E-state index < -0.39 is 0 Å². The molecule has 0 unspecified atom stereocenters. The summed E-state index contributed by atoms with van der Waals surface area (Å²) < 4.78 is 5.19. The lowest BCUT2D eigenvalue weighted by molar-refractivity contribution is 0.407. The van der Waals surface area contributed by atoms with Gasteiger partial charge in [-0.05, 0) is 30.3 Å². The summed E-state index contributed by atoms with van der Waals surface area (Å²) in [5, 5.41) is 13.9. The molecule has 0 radical (unpaired) electrons. The number of hydrogen-bond acceptors (Lipinski definition) is 4. The van der Waals surface area contributed by atoms with E-state index in [1.54, 1.807) is 13.2 Å². The monoisotopic (exact) mass is 342 g/mol. The fraction of sp³-hybridized carbons (Fsp3) is 0.0455. The fourth-order valence-corrected chi connectivity index (χ4v) is 2.92. The van der Waals surface area contributed by atoms with E-state index in [9.17, 15) is 5.11 Å². The van der Waals surface area contributed by atoms with Crippen molar-refractivity contribution in [3.63, 3.8) is 0 Å². The molecule has 0 atom stereocenters. The second kappa shape index (κ2) is 6.76. The quantitative estimate of drug-likeness (QED) is 0.705. The molecule has 0 aromatic heterocycles. The lowest BCUT2D eigenvalue weighted by atomic mass is 10.1. The molecular formula is C22H18N2O2. The molecule has 1 aliphatic heterocycles. The van der Waals surface area contributed by atoms with E-state index in [1.807, 2.05) is 72.8 Å². The van der Waals surface area contributed by atoms with Crippen LogP contribution in [0.15, 0.2) is 83.9 Å². The summed E-state index contributed by atoms with van der Waals surface area (Å²) in [4.78, 5) is 4.82. The van der Waals surface area contributed by atoms with Gasteiger partial charge in [-0.2, -0.15) is 0 Å². The highest BCUT2D eigenvalue weighted by Gasteiger charge is 2.16. The molecule has 128 valence electrons. The molecule has 0 amide bonds. The zero-order valence-corrected chi connectivity index (χ0v) is 14.3. The molecule has 4 nitrogen and oxygen atoms in total. The van der Waals surface area contributed by atoms with Crippen molar-refractivity contribution in [1.82, 2.24) is 0 Å². The molecule has 1 heterocycles. The number of nitrogens with one attached hydrogen (secondary N) is 1. The number of rotatable bonds is 3. The number of nitrogens with zero attached hydrogens (tertiary/aromatic N) is 1. The van der Waals surface area contributed by atoms with Gasteiger partial charge in [0.15, 0.2) is 0 Å². The van der Waals surface area contributed by atoms with Crippen molar-refractivity contribution in [3.05, 3.63) is 90.0 Å². The number of aliphatic imine (C=N–C) groups is 1. The maximum atomic E-state index is 10.5. The molecular weight excluding hydrogens is 324 g/mol. The van der Waals surface area contributed by atoms with Crippen molar-refractivity contribution in [2.45, 2.75) is 0 Å². The van der Waals surface area contributed by atoms with E-state index in [2.05, 4.69) is 5.32 Å². The Kier molecular flexibility index (Phi) is 4.15. The number of hydrogen-bond donors (Lipinski definition) is 2. The van der Waals surface area contributed by atoms with Gasteiger partial charge in [0.2, 0.25) is 0 Å². The summed E-state index contributed by atoms with van der Waals surface area (Å²) in [7, 11) is 1.58. The van der Waals surface area contributed by atoms with Crippen LogP contribution in [0, 0.1) is 0 Å². The van der Waals surface area contributed by atoms with Crippen LogP contribution >= 0.6 is 0 Å². The summed E-state index contributed by atoms with van der Waals surface area (Å²) in [6, 6.07) is 23.1. The smallest absolute Gasteiger partial charge is 0.128 e. The largest absolute Gasteiger partial charge is 0.507 e. The van der Waals surface area contributed by atoms with Gasteiger partial charge in [-0.1, -0.05) is 42.5 Å². The van der Waals surface area contributed by atoms with Gasteiger partial charge in [0.1, 0.15) is 11.5 Å². The molecule has 0 bridgehead atoms. The average molecular weight is 342 g/mol. The molecule has 2 N–H and O–H groups in total. The number of aromatic hydroxyl groups is 1. The molecule has 26 heavy (non-hydrogen) atoms. The second-order valence-electron chi connectivity index (χ2n) is 5.95. The standard InChI is InChI=1S/C22H18N2O2/c1-26-16-11-12-17(22(25)13-16)21-14-20(15-7-3-2-4-8-15)23-18-9-5-6-10-19(18)24-21/h2-14,24-25H,1H3. The number of phenols is 1. The number of phenolic OH excluding ortho intramolecular Hbond substituents is 1. The van der Waals surface area contributed by atoms with Gasteiger partial charge in [-0.25, -0.2) is 4.99 Å². The Morgan fingerprint density at radius 3 is 2.46 bits per heavy atom. The van der Waals surface area contributed by atoms with Crippen LogP contribution in [0.25, 0.3) is 5.70 Å². The van der Waals surface area contributed by atoms with Crippen LogP contribution in [0.3, 0.4) is 0 Å². The van der Waals surface area contributed by atoms with Crippen LogP contribution in [0.1, 0.15) is 11.1 Å². The topological polar surface area (TPSA) is 53.8 Å². The van der Waals surface area contributed by atoms with Crippen molar-refractivity contribution in [3.8, 4) is 11.5 Å². The van der Waals surface area contributed by atoms with Gasteiger partial charge in [-0.15, -0.1) is 0 Å². The summed E-state index contributed by atoms with van der Waals surface area (Å²) >= 11 is 0. The Labute approximate surface area is 152 Å². The highest BCUT2D eigenvalue weighted by Crippen LogP contribution is 2.35. The minimum atomic E-state index is 0.148. The maximum absolute atomic E-state index is 10.5. The highest BCUT2D eigenvalue weighted by atomic mass is 16.5. The number of para-hydroxylation sites is 2. The number of ether oxygens (including phenoxy) is 1. The van der Waals surface area contributed by atoms with Crippen molar-refractivity contribution >= 4 is 22.8 Å².